The summed E-state index contributed by atoms with van der Waals surface area (Å²) in [6, 6.07) is 21.0. The molecule has 2 heteroatoms. The Morgan fingerprint density at radius 2 is 1.40 bits per heavy atom. The van der Waals surface area contributed by atoms with Gasteiger partial charge in [0.25, 0.3) is 0 Å². The van der Waals surface area contributed by atoms with Crippen LogP contribution >= 0.6 is 0 Å². The van der Waals surface area contributed by atoms with Crippen molar-refractivity contribution in [1.29, 1.82) is 0 Å². The van der Waals surface area contributed by atoms with Gasteiger partial charge in [-0.2, -0.15) is 0 Å². The van der Waals surface area contributed by atoms with Gasteiger partial charge in [-0.3, -0.25) is 0 Å². The van der Waals surface area contributed by atoms with Gasteiger partial charge < -0.3 is 10.4 Å². The summed E-state index contributed by atoms with van der Waals surface area (Å²) in [5.74, 6) is 1.71. The monoisotopic (exact) mass is 335 g/mol. The average molecular weight is 335 g/mol. The van der Waals surface area contributed by atoms with Gasteiger partial charge in [0.05, 0.1) is 12.1 Å². The van der Waals surface area contributed by atoms with Crippen molar-refractivity contribution < 1.29 is 5.11 Å². The minimum atomic E-state index is -0.517. The summed E-state index contributed by atoms with van der Waals surface area (Å²) in [6.45, 7) is 0. The van der Waals surface area contributed by atoms with Crippen LogP contribution in [-0.4, -0.2) is 11.1 Å². The molecule has 2 N–H and O–H groups in total. The largest absolute Gasteiger partial charge is 0.386 e. The van der Waals surface area contributed by atoms with Gasteiger partial charge in [-0.25, -0.2) is 0 Å². The Balaban J connectivity index is 1.49. The lowest BCUT2D eigenvalue weighted by molar-refractivity contribution is 0.125. The number of aliphatic hydroxyl groups is 1. The maximum Gasteiger partial charge on any atom is 0.0984 e. The molecule has 2 aliphatic rings. The number of aliphatic hydroxyl groups excluding tert-OH is 1. The summed E-state index contributed by atoms with van der Waals surface area (Å²) in [5.41, 5.74) is 2.16. The first kappa shape index (κ1) is 16.8. The molecule has 0 aliphatic heterocycles. The highest BCUT2D eigenvalue weighted by Crippen LogP contribution is 2.46. The molecule has 4 atom stereocenters. The highest BCUT2D eigenvalue weighted by atomic mass is 16.3. The molecule has 2 nitrogen and oxygen atoms in total. The Bertz CT molecular complexity index is 650. The SMILES string of the molecule is O[C@H](c1ccccc1)[C@@H](N[C@H]1C[C@H]1C1CCCCC1)c1ccccc1. The predicted molar refractivity (Wildman–Crippen MR) is 102 cm³/mol. The van der Waals surface area contributed by atoms with Crippen LogP contribution in [0.15, 0.2) is 60.7 Å². The molecule has 0 saturated heterocycles. The molecule has 0 radical (unpaired) electrons. The number of hydrogen-bond acceptors (Lipinski definition) is 2. The normalized spacial score (nSPS) is 26.1. The minimum absolute atomic E-state index is 0.0396. The molecule has 0 bridgehead atoms. The quantitative estimate of drug-likeness (QED) is 0.777. The third-order valence-corrected chi connectivity index (χ3v) is 6.10. The molecular weight excluding hydrogens is 306 g/mol. The number of benzene rings is 2. The maximum atomic E-state index is 11.0. The smallest absolute Gasteiger partial charge is 0.0984 e. The Labute approximate surface area is 151 Å². The lowest BCUT2D eigenvalue weighted by atomic mass is 9.85. The zero-order chi connectivity index (χ0) is 17.1. The van der Waals surface area contributed by atoms with E-state index in [1.807, 2.05) is 36.4 Å². The Morgan fingerprint density at radius 3 is 2.04 bits per heavy atom. The van der Waals surface area contributed by atoms with E-state index >= 15 is 0 Å². The van der Waals surface area contributed by atoms with Gasteiger partial charge >= 0.3 is 0 Å². The molecule has 4 rings (SSSR count). The van der Waals surface area contributed by atoms with Crippen LogP contribution in [0.5, 0.6) is 0 Å². The van der Waals surface area contributed by atoms with Crippen molar-refractivity contribution in [3.05, 3.63) is 71.8 Å². The lowest BCUT2D eigenvalue weighted by Crippen LogP contribution is -2.31. The van der Waals surface area contributed by atoms with E-state index in [1.54, 1.807) is 0 Å². The zero-order valence-corrected chi connectivity index (χ0v) is 14.9. The van der Waals surface area contributed by atoms with Crippen LogP contribution in [0.1, 0.15) is 61.8 Å². The van der Waals surface area contributed by atoms with Gasteiger partial charge in [-0.1, -0.05) is 92.8 Å². The van der Waals surface area contributed by atoms with Crippen LogP contribution in [0.4, 0.5) is 0 Å². The molecule has 0 heterocycles. The van der Waals surface area contributed by atoms with E-state index in [1.165, 1.54) is 44.1 Å². The maximum absolute atomic E-state index is 11.0. The summed E-state index contributed by atoms with van der Waals surface area (Å²) in [4.78, 5) is 0. The first-order chi connectivity index (χ1) is 12.3. The summed E-state index contributed by atoms with van der Waals surface area (Å²) in [5, 5.41) is 14.8. The van der Waals surface area contributed by atoms with Gasteiger partial charge in [-0.05, 0) is 29.4 Å². The second-order valence-corrected chi connectivity index (χ2v) is 7.81. The van der Waals surface area contributed by atoms with Crippen molar-refractivity contribution in [3.63, 3.8) is 0 Å². The summed E-state index contributed by atoms with van der Waals surface area (Å²) in [7, 11) is 0. The van der Waals surface area contributed by atoms with E-state index in [0.29, 0.717) is 6.04 Å². The van der Waals surface area contributed by atoms with E-state index in [0.717, 1.165) is 17.4 Å². The molecule has 2 saturated carbocycles. The van der Waals surface area contributed by atoms with Crippen molar-refractivity contribution in [3.8, 4) is 0 Å². The summed E-state index contributed by atoms with van der Waals surface area (Å²) in [6.07, 6.45) is 7.79. The molecule has 2 aromatic carbocycles. The van der Waals surface area contributed by atoms with Crippen LogP contribution in [0.2, 0.25) is 0 Å². The number of hydrogen-bond donors (Lipinski definition) is 2. The zero-order valence-electron chi connectivity index (χ0n) is 14.9. The first-order valence-corrected chi connectivity index (χ1v) is 9.87. The molecule has 2 aromatic rings. The van der Waals surface area contributed by atoms with Crippen LogP contribution in [0.3, 0.4) is 0 Å². The van der Waals surface area contributed by atoms with E-state index < -0.39 is 6.10 Å². The molecule has 2 aliphatic carbocycles. The van der Waals surface area contributed by atoms with Crippen molar-refractivity contribution in [1.82, 2.24) is 5.32 Å². The Kier molecular flexibility index (Phi) is 5.19. The van der Waals surface area contributed by atoms with E-state index in [9.17, 15) is 5.11 Å². The summed E-state index contributed by atoms with van der Waals surface area (Å²) < 4.78 is 0. The molecule has 0 amide bonds. The van der Waals surface area contributed by atoms with Gasteiger partial charge in [0.15, 0.2) is 0 Å². The van der Waals surface area contributed by atoms with E-state index in [-0.39, 0.29) is 6.04 Å². The Morgan fingerprint density at radius 1 is 0.800 bits per heavy atom. The van der Waals surface area contributed by atoms with Gasteiger partial charge in [0.1, 0.15) is 0 Å². The van der Waals surface area contributed by atoms with Crippen LogP contribution in [0.25, 0.3) is 0 Å². The van der Waals surface area contributed by atoms with Crippen LogP contribution in [-0.2, 0) is 0 Å². The lowest BCUT2D eigenvalue weighted by Gasteiger charge is -2.27. The molecule has 2 fully saturated rings. The Hall–Kier alpha value is -1.64. The molecular formula is C23H29NO. The predicted octanol–water partition coefficient (Wildman–Crippen LogP) is 5.02. The topological polar surface area (TPSA) is 32.3 Å². The number of nitrogens with one attached hydrogen (secondary N) is 1. The van der Waals surface area contributed by atoms with E-state index in [4.69, 9.17) is 0 Å². The van der Waals surface area contributed by atoms with Crippen molar-refractivity contribution in [2.24, 2.45) is 11.8 Å². The highest BCUT2D eigenvalue weighted by Gasteiger charge is 2.44. The third kappa shape index (κ3) is 3.96. The fourth-order valence-corrected chi connectivity index (χ4v) is 4.59. The van der Waals surface area contributed by atoms with Crippen LogP contribution < -0.4 is 5.32 Å². The van der Waals surface area contributed by atoms with Crippen molar-refractivity contribution in [2.45, 2.75) is 56.7 Å². The fourth-order valence-electron chi connectivity index (χ4n) is 4.59. The highest BCUT2D eigenvalue weighted by molar-refractivity contribution is 5.27. The third-order valence-electron chi connectivity index (χ3n) is 6.10. The fraction of sp³-hybridized carbons (Fsp3) is 0.478. The standard InChI is InChI=1S/C23H29NO/c25-23(19-14-8-3-9-15-19)22(18-12-6-2-7-13-18)24-21-16-20(21)17-10-4-1-5-11-17/h2-3,6-9,12-15,17,20-25H,1,4-5,10-11,16H2/t20-,21-,22-,23+/m0/s1. The van der Waals surface area contributed by atoms with Gasteiger partial charge in [0.2, 0.25) is 0 Å². The molecule has 0 spiro atoms. The molecule has 132 valence electrons. The van der Waals surface area contributed by atoms with Crippen molar-refractivity contribution in [2.75, 3.05) is 0 Å². The van der Waals surface area contributed by atoms with Crippen LogP contribution in [0, 0.1) is 11.8 Å². The second-order valence-electron chi connectivity index (χ2n) is 7.81. The van der Waals surface area contributed by atoms with Gasteiger partial charge in [0, 0.05) is 6.04 Å². The van der Waals surface area contributed by atoms with Crippen molar-refractivity contribution >= 4 is 0 Å². The second kappa shape index (κ2) is 7.72. The average Bonchev–Trinajstić information content (AvgIpc) is 3.47. The molecule has 0 aromatic heterocycles. The van der Waals surface area contributed by atoms with Gasteiger partial charge in [-0.15, -0.1) is 0 Å². The first-order valence-electron chi connectivity index (χ1n) is 9.87. The molecule has 25 heavy (non-hydrogen) atoms. The number of rotatable bonds is 6. The minimum Gasteiger partial charge on any atom is -0.386 e. The molecule has 0 unspecified atom stereocenters. The summed E-state index contributed by atoms with van der Waals surface area (Å²) >= 11 is 0. The van der Waals surface area contributed by atoms with E-state index in [2.05, 4.69) is 29.6 Å².